The van der Waals surface area contributed by atoms with Crippen LogP contribution in [-0.4, -0.2) is 5.54 Å². The largest absolute Gasteiger partial charge is 0.351 e. The molecule has 3 heteroatoms. The van der Waals surface area contributed by atoms with E-state index in [0.29, 0.717) is 5.41 Å². The van der Waals surface area contributed by atoms with Crippen LogP contribution in [0.15, 0.2) is 0 Å². The first kappa shape index (κ1) is 10.2. The lowest BCUT2D eigenvalue weighted by atomic mass is 9.44. The van der Waals surface area contributed by atoms with Crippen molar-refractivity contribution >= 4 is 28.5 Å². The van der Waals surface area contributed by atoms with Crippen molar-refractivity contribution in [2.24, 2.45) is 23.2 Å². The highest BCUT2D eigenvalue weighted by atomic mass is 35.5. The molecule has 0 saturated heterocycles. The van der Waals surface area contributed by atoms with Crippen LogP contribution in [0.4, 0.5) is 0 Å². The third-order valence-electron chi connectivity index (χ3n) is 4.48. The topological polar surface area (TPSA) is 0 Å². The van der Waals surface area contributed by atoms with Gasteiger partial charge in [-0.3, -0.25) is 0 Å². The van der Waals surface area contributed by atoms with Gasteiger partial charge in [0, 0.05) is 0 Å². The first-order valence-electron chi connectivity index (χ1n) is 5.30. The van der Waals surface area contributed by atoms with E-state index < -0.39 is 0 Å². The van der Waals surface area contributed by atoms with E-state index in [4.69, 9.17) is 22.9 Å². The Labute approximate surface area is 91.3 Å². The summed E-state index contributed by atoms with van der Waals surface area (Å²) in [5.74, 6) is 2.67. The van der Waals surface area contributed by atoms with Crippen molar-refractivity contribution in [2.45, 2.75) is 39.4 Å². The molecule has 3 aliphatic rings. The van der Waals surface area contributed by atoms with Gasteiger partial charge in [0.25, 0.3) is 0 Å². The van der Waals surface area contributed by atoms with Gasteiger partial charge >= 0.3 is 5.54 Å². The maximum Gasteiger partial charge on any atom is 0.351 e. The molecule has 74 valence electrons. The zero-order valence-corrected chi connectivity index (χ0v) is 9.91. The van der Waals surface area contributed by atoms with E-state index in [1.807, 2.05) is 0 Å². The van der Waals surface area contributed by atoms with Gasteiger partial charge in [0.1, 0.15) is 0 Å². The normalized spacial score (nSPS) is 41.1. The Kier molecular flexibility index (Phi) is 2.62. The quantitative estimate of drug-likeness (QED) is 0.615. The SMILES string of the molecule is CC1(C)C2CCC(CB(Cl)Cl)C1C2. The van der Waals surface area contributed by atoms with Crippen molar-refractivity contribution in [3.63, 3.8) is 0 Å². The third kappa shape index (κ3) is 1.63. The summed E-state index contributed by atoms with van der Waals surface area (Å²) >= 11 is 11.7. The lowest BCUT2D eigenvalue weighted by molar-refractivity contribution is -0.0987. The Bertz CT molecular complexity index is 201. The number of hydrogen-bond acceptors (Lipinski definition) is 0. The summed E-state index contributed by atoms with van der Waals surface area (Å²) in [6.07, 6.45) is 5.19. The Morgan fingerprint density at radius 1 is 1.31 bits per heavy atom. The number of hydrogen-bond donors (Lipinski definition) is 0. The molecule has 3 atom stereocenters. The summed E-state index contributed by atoms with van der Waals surface area (Å²) in [4.78, 5) is 0. The predicted octanol–water partition coefficient (Wildman–Crippen LogP) is 4.02. The summed E-state index contributed by atoms with van der Waals surface area (Å²) in [5.41, 5.74) is 0.420. The van der Waals surface area contributed by atoms with Crippen LogP contribution in [-0.2, 0) is 0 Å². The first-order valence-corrected chi connectivity index (χ1v) is 6.17. The van der Waals surface area contributed by atoms with E-state index in [1.54, 1.807) is 0 Å². The minimum absolute atomic E-state index is 0.155. The molecule has 3 fully saturated rings. The van der Waals surface area contributed by atoms with Crippen molar-refractivity contribution < 1.29 is 0 Å². The molecule has 0 N–H and O–H groups in total. The highest BCUT2D eigenvalue weighted by Crippen LogP contribution is 2.62. The number of fused-ring (bicyclic) bond motifs is 2. The first-order chi connectivity index (χ1) is 6.01. The maximum atomic E-state index is 5.85. The van der Waals surface area contributed by atoms with Gasteiger partial charge < -0.3 is 0 Å². The average Bonchev–Trinajstić information content (AvgIpc) is 2.03. The second-order valence-corrected chi connectivity index (χ2v) is 6.60. The van der Waals surface area contributed by atoms with Crippen LogP contribution in [0.25, 0.3) is 0 Å². The Morgan fingerprint density at radius 3 is 2.46 bits per heavy atom. The summed E-state index contributed by atoms with van der Waals surface area (Å²) < 4.78 is 0. The summed E-state index contributed by atoms with van der Waals surface area (Å²) in [6, 6.07) is 0. The highest BCUT2D eigenvalue weighted by molar-refractivity contribution is 7.33. The molecular formula is C10H17BCl2. The van der Waals surface area contributed by atoms with E-state index in [2.05, 4.69) is 13.8 Å². The standard InChI is InChI=1S/C10H17BCl2/c1-10(2)8-4-3-7(6-11(12)13)9(10)5-8/h7-9H,3-6H2,1-2H3. The van der Waals surface area contributed by atoms with Crippen molar-refractivity contribution in [3.8, 4) is 0 Å². The fourth-order valence-corrected chi connectivity index (χ4v) is 3.93. The Morgan fingerprint density at radius 2 is 2.00 bits per heavy atom. The molecule has 3 unspecified atom stereocenters. The minimum atomic E-state index is -0.155. The van der Waals surface area contributed by atoms with Crippen LogP contribution in [0, 0.1) is 23.2 Å². The molecule has 0 amide bonds. The van der Waals surface area contributed by atoms with Crippen LogP contribution >= 0.6 is 22.9 Å². The second-order valence-electron chi connectivity index (χ2n) is 5.32. The van der Waals surface area contributed by atoms with Crippen molar-refractivity contribution in [1.82, 2.24) is 0 Å². The van der Waals surface area contributed by atoms with Crippen molar-refractivity contribution in [3.05, 3.63) is 0 Å². The molecule has 0 aliphatic heterocycles. The summed E-state index contributed by atoms with van der Waals surface area (Å²) in [5, 5.41) is 0. The monoisotopic (exact) mass is 218 g/mol. The van der Waals surface area contributed by atoms with E-state index in [9.17, 15) is 0 Å². The molecule has 0 aromatic heterocycles. The summed E-state index contributed by atoms with van der Waals surface area (Å²) in [7, 11) is 0. The zero-order valence-electron chi connectivity index (χ0n) is 8.39. The van der Waals surface area contributed by atoms with E-state index in [0.717, 1.165) is 24.1 Å². The van der Waals surface area contributed by atoms with E-state index >= 15 is 0 Å². The number of halogens is 2. The zero-order chi connectivity index (χ0) is 9.64. The smallest absolute Gasteiger partial charge is 0.172 e. The molecule has 0 spiro atoms. The van der Waals surface area contributed by atoms with Gasteiger partial charge in [-0.1, -0.05) is 20.3 Å². The van der Waals surface area contributed by atoms with Crippen LogP contribution in [0.2, 0.25) is 6.32 Å². The van der Waals surface area contributed by atoms with E-state index in [-0.39, 0.29) is 5.54 Å². The third-order valence-corrected chi connectivity index (χ3v) is 4.84. The van der Waals surface area contributed by atoms with Crippen LogP contribution in [0.5, 0.6) is 0 Å². The van der Waals surface area contributed by atoms with Crippen molar-refractivity contribution in [2.75, 3.05) is 0 Å². The molecular weight excluding hydrogens is 202 g/mol. The van der Waals surface area contributed by atoms with Crippen LogP contribution in [0.3, 0.4) is 0 Å². The average molecular weight is 219 g/mol. The molecule has 0 radical (unpaired) electrons. The maximum absolute atomic E-state index is 5.85. The molecule has 3 aliphatic carbocycles. The Hall–Kier alpha value is 0.645. The van der Waals surface area contributed by atoms with Gasteiger partial charge in [-0.15, -0.1) is 0 Å². The molecule has 3 saturated carbocycles. The molecule has 13 heavy (non-hydrogen) atoms. The molecule has 0 nitrogen and oxygen atoms in total. The Balaban J connectivity index is 1.99. The second kappa shape index (κ2) is 3.34. The molecule has 0 aromatic carbocycles. The van der Waals surface area contributed by atoms with Gasteiger partial charge in [0.2, 0.25) is 0 Å². The summed E-state index contributed by atoms with van der Waals surface area (Å²) in [6.45, 7) is 4.82. The van der Waals surface area contributed by atoms with Gasteiger partial charge in [-0.2, -0.15) is 22.9 Å². The molecule has 0 aromatic rings. The molecule has 0 heterocycles. The van der Waals surface area contributed by atoms with Gasteiger partial charge in [0.05, 0.1) is 0 Å². The van der Waals surface area contributed by atoms with Crippen LogP contribution < -0.4 is 0 Å². The fraction of sp³-hybridized carbons (Fsp3) is 1.00. The predicted molar refractivity (Wildman–Crippen MR) is 60.4 cm³/mol. The van der Waals surface area contributed by atoms with Crippen LogP contribution in [0.1, 0.15) is 33.1 Å². The molecule has 3 rings (SSSR count). The van der Waals surface area contributed by atoms with Crippen molar-refractivity contribution in [1.29, 1.82) is 0 Å². The lowest BCUT2D eigenvalue weighted by Gasteiger charge is -2.60. The van der Waals surface area contributed by atoms with Gasteiger partial charge in [0.15, 0.2) is 0 Å². The lowest BCUT2D eigenvalue weighted by Crippen LogP contribution is -2.52. The fourth-order valence-electron chi connectivity index (χ4n) is 3.47. The van der Waals surface area contributed by atoms with Gasteiger partial charge in [-0.05, 0) is 42.3 Å². The minimum Gasteiger partial charge on any atom is -0.172 e. The molecule has 2 bridgehead atoms. The van der Waals surface area contributed by atoms with Gasteiger partial charge in [-0.25, -0.2) is 0 Å². The number of rotatable bonds is 2. The van der Waals surface area contributed by atoms with E-state index in [1.165, 1.54) is 19.3 Å². The highest BCUT2D eigenvalue weighted by Gasteiger charge is 2.54.